The van der Waals surface area contributed by atoms with Crippen LogP contribution in [-0.2, 0) is 10.5 Å². The number of hydrazone groups is 1. The Morgan fingerprint density at radius 3 is 2.77 bits per heavy atom. The van der Waals surface area contributed by atoms with Crippen molar-refractivity contribution >= 4 is 44.8 Å². The molecule has 6 rings (SSSR count). The smallest absolute Gasteiger partial charge is 0.306 e. The molecule has 0 aliphatic carbocycles. The van der Waals surface area contributed by atoms with Crippen LogP contribution >= 0.6 is 27.5 Å². The molecule has 2 atom stereocenters. The topological polar surface area (TPSA) is 53.9 Å². The van der Waals surface area contributed by atoms with E-state index in [4.69, 9.17) is 21.4 Å². The summed E-state index contributed by atoms with van der Waals surface area (Å²) in [5.74, 6) is 0.425. The predicted molar refractivity (Wildman–Crippen MR) is 119 cm³/mol. The summed E-state index contributed by atoms with van der Waals surface area (Å²) in [4.78, 5) is 13.4. The summed E-state index contributed by atoms with van der Waals surface area (Å²) in [5.41, 5.74) is 2.92. The molecule has 2 unspecified atom stereocenters. The van der Waals surface area contributed by atoms with Crippen LogP contribution in [0.3, 0.4) is 0 Å². The van der Waals surface area contributed by atoms with Gasteiger partial charge in [0.15, 0.2) is 0 Å². The van der Waals surface area contributed by atoms with E-state index < -0.39 is 5.72 Å². The number of para-hydroxylation sites is 1. The molecule has 148 valence electrons. The quantitative estimate of drug-likeness (QED) is 0.504. The van der Waals surface area contributed by atoms with E-state index in [9.17, 15) is 4.79 Å². The van der Waals surface area contributed by atoms with Crippen LogP contribution in [0.25, 0.3) is 0 Å². The third-order valence-corrected chi connectivity index (χ3v) is 6.61. The van der Waals surface area contributed by atoms with Crippen LogP contribution in [0.15, 0.2) is 76.3 Å². The van der Waals surface area contributed by atoms with Gasteiger partial charge in [0, 0.05) is 21.5 Å². The second-order valence-corrected chi connectivity index (χ2v) is 8.90. The van der Waals surface area contributed by atoms with E-state index in [-0.39, 0.29) is 11.9 Å². The molecule has 0 bridgehead atoms. The molecule has 3 aromatic rings. The zero-order chi connectivity index (χ0) is 20.5. The molecule has 0 saturated carbocycles. The summed E-state index contributed by atoms with van der Waals surface area (Å²) in [6.07, 6.45) is 0.674. The summed E-state index contributed by atoms with van der Waals surface area (Å²) >= 11 is 9.78. The SMILES string of the molecule is O=C1Nc2ccc(Cl)cc2C12Oc1ccccc1C1CC(c3ccc(Br)cc3)=NN12. The molecule has 1 spiro atoms. The van der Waals surface area contributed by atoms with Gasteiger partial charge in [-0.3, -0.25) is 4.79 Å². The lowest BCUT2D eigenvalue weighted by molar-refractivity contribution is -0.161. The summed E-state index contributed by atoms with van der Waals surface area (Å²) in [5, 5.41) is 10.2. The lowest BCUT2D eigenvalue weighted by atomic mass is 9.92. The molecule has 0 saturated heterocycles. The number of carbonyl (C=O) groups excluding carboxylic acids is 1. The van der Waals surface area contributed by atoms with Crippen LogP contribution in [0.2, 0.25) is 5.02 Å². The first kappa shape index (κ1) is 18.0. The molecule has 0 radical (unpaired) electrons. The summed E-state index contributed by atoms with van der Waals surface area (Å²) in [6.45, 7) is 0. The van der Waals surface area contributed by atoms with Gasteiger partial charge in [-0.05, 0) is 42.0 Å². The van der Waals surface area contributed by atoms with Crippen molar-refractivity contribution in [1.82, 2.24) is 5.01 Å². The van der Waals surface area contributed by atoms with E-state index in [0.717, 1.165) is 21.3 Å². The zero-order valence-electron chi connectivity index (χ0n) is 15.6. The number of amides is 1. The number of anilines is 1. The van der Waals surface area contributed by atoms with Crippen molar-refractivity contribution in [1.29, 1.82) is 0 Å². The number of carbonyl (C=O) groups is 1. The molecule has 3 aliphatic heterocycles. The molecule has 0 aromatic heterocycles. The maximum atomic E-state index is 13.4. The highest BCUT2D eigenvalue weighted by molar-refractivity contribution is 9.10. The largest absolute Gasteiger partial charge is 0.453 e. The molecule has 3 aliphatic rings. The summed E-state index contributed by atoms with van der Waals surface area (Å²) in [7, 11) is 0. The second kappa shape index (κ2) is 6.33. The minimum absolute atomic E-state index is 0.121. The van der Waals surface area contributed by atoms with Crippen molar-refractivity contribution < 1.29 is 9.53 Å². The molecule has 3 heterocycles. The molecular weight excluding hydrogens is 466 g/mol. The first-order valence-corrected chi connectivity index (χ1v) is 10.8. The number of ether oxygens (including phenoxy) is 1. The van der Waals surface area contributed by atoms with Gasteiger partial charge >= 0.3 is 5.72 Å². The third-order valence-electron chi connectivity index (χ3n) is 5.85. The fraction of sp³-hybridized carbons (Fsp3) is 0.130. The number of nitrogens with one attached hydrogen (secondary N) is 1. The first-order valence-electron chi connectivity index (χ1n) is 9.58. The molecular formula is C23H15BrClN3O2. The minimum atomic E-state index is -1.39. The third kappa shape index (κ3) is 2.41. The fourth-order valence-electron chi connectivity index (χ4n) is 4.48. The lowest BCUT2D eigenvalue weighted by Gasteiger charge is -2.44. The Bertz CT molecular complexity index is 1240. The highest BCUT2D eigenvalue weighted by Crippen LogP contribution is 2.54. The van der Waals surface area contributed by atoms with E-state index in [1.807, 2.05) is 53.5 Å². The normalized spacial score (nSPS) is 23.4. The second-order valence-electron chi connectivity index (χ2n) is 7.55. The molecule has 0 fully saturated rings. The Morgan fingerprint density at radius 1 is 1.13 bits per heavy atom. The number of rotatable bonds is 1. The molecule has 1 N–H and O–H groups in total. The molecule has 30 heavy (non-hydrogen) atoms. The van der Waals surface area contributed by atoms with E-state index in [2.05, 4.69) is 21.2 Å². The number of benzene rings is 3. The average molecular weight is 481 g/mol. The van der Waals surface area contributed by atoms with Crippen LogP contribution in [0.4, 0.5) is 5.69 Å². The highest BCUT2D eigenvalue weighted by atomic mass is 79.9. The van der Waals surface area contributed by atoms with Crippen molar-refractivity contribution in [2.75, 3.05) is 5.32 Å². The first-order chi connectivity index (χ1) is 14.6. The van der Waals surface area contributed by atoms with Crippen molar-refractivity contribution in [2.24, 2.45) is 5.10 Å². The number of halogens is 2. The van der Waals surface area contributed by atoms with E-state index in [0.29, 0.717) is 28.4 Å². The van der Waals surface area contributed by atoms with Crippen LogP contribution < -0.4 is 10.1 Å². The van der Waals surface area contributed by atoms with Crippen molar-refractivity contribution in [3.8, 4) is 5.75 Å². The van der Waals surface area contributed by atoms with Gasteiger partial charge < -0.3 is 10.1 Å². The summed E-state index contributed by atoms with van der Waals surface area (Å²) in [6, 6.07) is 21.1. The minimum Gasteiger partial charge on any atom is -0.453 e. The van der Waals surface area contributed by atoms with Gasteiger partial charge in [0.25, 0.3) is 5.91 Å². The molecule has 7 heteroatoms. The van der Waals surface area contributed by atoms with Crippen LogP contribution in [0.1, 0.15) is 29.2 Å². The van der Waals surface area contributed by atoms with Crippen LogP contribution in [0, 0.1) is 0 Å². The molecule has 3 aromatic carbocycles. The van der Waals surface area contributed by atoms with Crippen LogP contribution in [-0.4, -0.2) is 16.6 Å². The van der Waals surface area contributed by atoms with E-state index in [1.54, 1.807) is 18.2 Å². The number of hydrogen-bond donors (Lipinski definition) is 1. The zero-order valence-corrected chi connectivity index (χ0v) is 17.9. The Hall–Kier alpha value is -2.83. The Labute approximate surface area is 186 Å². The van der Waals surface area contributed by atoms with E-state index >= 15 is 0 Å². The van der Waals surface area contributed by atoms with Crippen molar-refractivity contribution in [2.45, 2.75) is 18.2 Å². The Balaban J connectivity index is 1.57. The monoisotopic (exact) mass is 479 g/mol. The van der Waals surface area contributed by atoms with Gasteiger partial charge in [-0.2, -0.15) is 5.10 Å². The number of fused-ring (bicyclic) bond motifs is 6. The molecule has 1 amide bonds. The highest BCUT2D eigenvalue weighted by Gasteiger charge is 2.60. The summed E-state index contributed by atoms with van der Waals surface area (Å²) < 4.78 is 7.44. The number of nitrogens with zero attached hydrogens (tertiary/aromatic N) is 2. The van der Waals surface area contributed by atoms with Gasteiger partial charge in [0.1, 0.15) is 5.75 Å². The van der Waals surface area contributed by atoms with Gasteiger partial charge in [-0.1, -0.05) is 57.9 Å². The van der Waals surface area contributed by atoms with Gasteiger partial charge in [0.05, 0.1) is 23.0 Å². The maximum absolute atomic E-state index is 13.4. The van der Waals surface area contributed by atoms with Gasteiger partial charge in [0.2, 0.25) is 0 Å². The Morgan fingerprint density at radius 2 is 1.93 bits per heavy atom. The fourth-order valence-corrected chi connectivity index (χ4v) is 4.91. The van der Waals surface area contributed by atoms with E-state index in [1.165, 1.54) is 0 Å². The van der Waals surface area contributed by atoms with Crippen molar-refractivity contribution in [3.05, 3.63) is 92.9 Å². The van der Waals surface area contributed by atoms with Crippen LogP contribution in [0.5, 0.6) is 5.75 Å². The lowest BCUT2D eigenvalue weighted by Crippen LogP contribution is -2.55. The average Bonchev–Trinajstić information content (AvgIpc) is 3.30. The molecule has 5 nitrogen and oxygen atoms in total. The standard InChI is InChI=1S/C23H15BrClN3O2/c24-14-7-5-13(6-8-14)19-12-20-16-3-1-2-4-21(16)30-23(28(20)27-19)17-11-15(25)9-10-18(17)26-22(23)29/h1-11,20H,12H2,(H,26,29). The number of hydrogen-bond acceptors (Lipinski definition) is 4. The van der Waals surface area contributed by atoms with Gasteiger partial charge in [-0.15, -0.1) is 0 Å². The van der Waals surface area contributed by atoms with Crippen molar-refractivity contribution in [3.63, 3.8) is 0 Å². The maximum Gasteiger partial charge on any atom is 0.306 e. The van der Waals surface area contributed by atoms with Gasteiger partial charge in [-0.25, -0.2) is 5.01 Å². The Kier molecular flexibility index (Phi) is 3.80. The predicted octanol–water partition coefficient (Wildman–Crippen LogP) is 5.45.